The van der Waals surface area contributed by atoms with Crippen LogP contribution < -0.4 is 5.32 Å². The number of nitrogens with zero attached hydrogens (tertiary/aromatic N) is 1. The third-order valence-electron chi connectivity index (χ3n) is 3.89. The summed E-state index contributed by atoms with van der Waals surface area (Å²) in [7, 11) is 0. The lowest BCUT2D eigenvalue weighted by atomic mass is 9.91. The number of nitrogens with one attached hydrogen (secondary N) is 1. The lowest BCUT2D eigenvalue weighted by Crippen LogP contribution is -2.59. The molecule has 2 rings (SSSR count). The van der Waals surface area contributed by atoms with Gasteiger partial charge in [0.05, 0.1) is 24.8 Å². The predicted octanol–water partition coefficient (Wildman–Crippen LogP) is 0.766. The molecule has 16 heavy (non-hydrogen) atoms. The minimum atomic E-state index is -0.286. The number of morpholine rings is 1. The van der Waals surface area contributed by atoms with Gasteiger partial charge >= 0.3 is 0 Å². The summed E-state index contributed by atoms with van der Waals surface area (Å²) >= 11 is 0. The van der Waals surface area contributed by atoms with Crippen LogP contribution in [0.4, 0.5) is 0 Å². The molecule has 0 aromatic rings. The maximum Gasteiger partial charge on any atom is 0.243 e. The van der Waals surface area contributed by atoms with Crippen LogP contribution in [0.1, 0.15) is 33.1 Å². The molecule has 0 spiro atoms. The van der Waals surface area contributed by atoms with Crippen molar-refractivity contribution in [3.63, 3.8) is 0 Å². The van der Waals surface area contributed by atoms with E-state index in [1.54, 1.807) is 0 Å². The van der Waals surface area contributed by atoms with Gasteiger partial charge in [0.1, 0.15) is 0 Å². The van der Waals surface area contributed by atoms with E-state index < -0.39 is 0 Å². The van der Waals surface area contributed by atoms with E-state index in [9.17, 15) is 4.79 Å². The molecule has 1 unspecified atom stereocenters. The van der Waals surface area contributed by atoms with Crippen molar-refractivity contribution in [2.24, 2.45) is 0 Å². The molecule has 1 amide bonds. The third kappa shape index (κ3) is 1.96. The van der Waals surface area contributed by atoms with E-state index >= 15 is 0 Å². The fraction of sp³-hybridized carbons (Fsp3) is 0.917. The second kappa shape index (κ2) is 4.72. The average molecular weight is 226 g/mol. The minimum absolute atomic E-state index is 0.215. The summed E-state index contributed by atoms with van der Waals surface area (Å²) in [6, 6.07) is 0.215. The van der Waals surface area contributed by atoms with E-state index in [2.05, 4.69) is 19.2 Å². The number of rotatable bonds is 2. The van der Waals surface area contributed by atoms with Gasteiger partial charge in [-0.1, -0.05) is 6.92 Å². The smallest absolute Gasteiger partial charge is 0.243 e. The monoisotopic (exact) mass is 226 g/mol. The Kier molecular flexibility index (Phi) is 3.50. The molecular weight excluding hydrogens is 204 g/mol. The summed E-state index contributed by atoms with van der Waals surface area (Å²) in [6.45, 7) is 7.22. The van der Waals surface area contributed by atoms with E-state index in [0.29, 0.717) is 13.2 Å². The molecule has 0 radical (unpaired) electrons. The lowest BCUT2D eigenvalue weighted by molar-refractivity contribution is -0.146. The van der Waals surface area contributed by atoms with Gasteiger partial charge in [-0.15, -0.1) is 0 Å². The molecule has 0 saturated carbocycles. The van der Waals surface area contributed by atoms with Crippen molar-refractivity contribution in [2.75, 3.05) is 26.3 Å². The summed E-state index contributed by atoms with van der Waals surface area (Å²) < 4.78 is 5.38. The Morgan fingerprint density at radius 3 is 3.00 bits per heavy atom. The zero-order valence-electron chi connectivity index (χ0n) is 10.3. The molecule has 0 aliphatic carbocycles. The first kappa shape index (κ1) is 11.9. The predicted molar refractivity (Wildman–Crippen MR) is 62.3 cm³/mol. The van der Waals surface area contributed by atoms with Gasteiger partial charge in [-0.25, -0.2) is 0 Å². The van der Waals surface area contributed by atoms with E-state index in [0.717, 1.165) is 32.4 Å². The Labute approximate surface area is 97.3 Å². The molecule has 92 valence electrons. The highest BCUT2D eigenvalue weighted by Gasteiger charge is 2.43. The summed E-state index contributed by atoms with van der Waals surface area (Å²) in [5.74, 6) is 0.281. The Bertz CT molecular complexity index is 262. The molecule has 2 heterocycles. The Balaban J connectivity index is 2.10. The molecule has 2 aliphatic rings. The van der Waals surface area contributed by atoms with Gasteiger partial charge in [0, 0.05) is 6.54 Å². The van der Waals surface area contributed by atoms with Crippen LogP contribution >= 0.6 is 0 Å². The van der Waals surface area contributed by atoms with Crippen molar-refractivity contribution in [1.29, 1.82) is 0 Å². The molecule has 4 heteroatoms. The van der Waals surface area contributed by atoms with Crippen LogP contribution in [0.3, 0.4) is 0 Å². The standard InChI is InChI=1S/C12H22N2O2/c1-3-12(5-4-6-13-12)11(15)14-7-8-16-9-10(14)2/h10,13H,3-9H2,1-2H3/t10-,12?/m1/s1. The van der Waals surface area contributed by atoms with Crippen LogP contribution in [-0.2, 0) is 9.53 Å². The van der Waals surface area contributed by atoms with Crippen molar-refractivity contribution in [3.05, 3.63) is 0 Å². The Morgan fingerprint density at radius 2 is 2.44 bits per heavy atom. The van der Waals surface area contributed by atoms with Gasteiger partial charge in [-0.05, 0) is 32.7 Å². The van der Waals surface area contributed by atoms with E-state index in [4.69, 9.17) is 4.74 Å². The zero-order valence-corrected chi connectivity index (χ0v) is 10.3. The highest BCUT2D eigenvalue weighted by molar-refractivity contribution is 5.87. The lowest BCUT2D eigenvalue weighted by Gasteiger charge is -2.39. The fourth-order valence-electron chi connectivity index (χ4n) is 2.75. The maximum absolute atomic E-state index is 12.6. The Hall–Kier alpha value is -0.610. The number of carbonyl (C=O) groups is 1. The highest BCUT2D eigenvalue weighted by Crippen LogP contribution is 2.26. The van der Waals surface area contributed by atoms with Crippen molar-refractivity contribution < 1.29 is 9.53 Å². The van der Waals surface area contributed by atoms with Crippen molar-refractivity contribution in [1.82, 2.24) is 10.2 Å². The van der Waals surface area contributed by atoms with Crippen LogP contribution in [-0.4, -0.2) is 48.7 Å². The number of amides is 1. The molecule has 0 aromatic heterocycles. The average Bonchev–Trinajstić information content (AvgIpc) is 2.78. The second-order valence-electron chi connectivity index (χ2n) is 4.89. The van der Waals surface area contributed by atoms with Gasteiger partial charge in [-0.3, -0.25) is 4.79 Å². The molecule has 0 bridgehead atoms. The molecule has 2 fully saturated rings. The number of hydrogen-bond acceptors (Lipinski definition) is 3. The van der Waals surface area contributed by atoms with Gasteiger partial charge in [0.25, 0.3) is 0 Å². The largest absolute Gasteiger partial charge is 0.377 e. The maximum atomic E-state index is 12.6. The topological polar surface area (TPSA) is 41.6 Å². The first-order chi connectivity index (χ1) is 7.69. The van der Waals surface area contributed by atoms with Gasteiger partial charge < -0.3 is 15.0 Å². The summed E-state index contributed by atoms with van der Waals surface area (Å²) in [5, 5.41) is 3.41. The molecule has 1 N–H and O–H groups in total. The quantitative estimate of drug-likeness (QED) is 0.756. The van der Waals surface area contributed by atoms with Crippen molar-refractivity contribution >= 4 is 5.91 Å². The minimum Gasteiger partial charge on any atom is -0.377 e. The molecule has 2 saturated heterocycles. The summed E-state index contributed by atoms with van der Waals surface area (Å²) in [4.78, 5) is 14.6. The number of ether oxygens (including phenoxy) is 1. The van der Waals surface area contributed by atoms with E-state index in [1.165, 1.54) is 0 Å². The number of hydrogen-bond donors (Lipinski definition) is 1. The van der Waals surface area contributed by atoms with Crippen molar-refractivity contribution in [2.45, 2.75) is 44.7 Å². The highest BCUT2D eigenvalue weighted by atomic mass is 16.5. The van der Waals surface area contributed by atoms with Gasteiger partial charge in [0.15, 0.2) is 0 Å². The van der Waals surface area contributed by atoms with Gasteiger partial charge in [-0.2, -0.15) is 0 Å². The normalized spacial score (nSPS) is 35.4. The Morgan fingerprint density at radius 1 is 1.62 bits per heavy atom. The fourth-order valence-corrected chi connectivity index (χ4v) is 2.75. The van der Waals surface area contributed by atoms with E-state index in [-0.39, 0.29) is 17.5 Å². The van der Waals surface area contributed by atoms with Crippen LogP contribution in [0, 0.1) is 0 Å². The summed E-state index contributed by atoms with van der Waals surface area (Å²) in [6.07, 6.45) is 2.97. The SMILES string of the molecule is CCC1(C(=O)N2CCOC[C@H]2C)CCCN1. The van der Waals surface area contributed by atoms with E-state index in [1.807, 2.05) is 4.90 Å². The second-order valence-corrected chi connectivity index (χ2v) is 4.89. The number of carbonyl (C=O) groups excluding carboxylic acids is 1. The van der Waals surface area contributed by atoms with Crippen molar-refractivity contribution in [3.8, 4) is 0 Å². The van der Waals surface area contributed by atoms with Gasteiger partial charge in [0.2, 0.25) is 5.91 Å². The van der Waals surface area contributed by atoms with Crippen LogP contribution in [0.2, 0.25) is 0 Å². The van der Waals surface area contributed by atoms with Crippen LogP contribution in [0.25, 0.3) is 0 Å². The third-order valence-corrected chi connectivity index (χ3v) is 3.89. The molecule has 2 aliphatic heterocycles. The first-order valence-electron chi connectivity index (χ1n) is 6.33. The molecule has 0 aromatic carbocycles. The summed E-state index contributed by atoms with van der Waals surface area (Å²) in [5.41, 5.74) is -0.286. The first-order valence-corrected chi connectivity index (χ1v) is 6.33. The molecular formula is C12H22N2O2. The van der Waals surface area contributed by atoms with Crippen LogP contribution in [0.5, 0.6) is 0 Å². The zero-order chi connectivity index (χ0) is 11.6. The molecule has 2 atom stereocenters. The molecule has 4 nitrogen and oxygen atoms in total. The van der Waals surface area contributed by atoms with Crippen LogP contribution in [0.15, 0.2) is 0 Å².